The molecule has 0 fully saturated rings. The number of rotatable bonds is 3. The van der Waals surface area contributed by atoms with Gasteiger partial charge in [0.2, 0.25) is 10.0 Å². The summed E-state index contributed by atoms with van der Waals surface area (Å²) in [5, 5.41) is 3.43. The first-order valence-electron chi connectivity index (χ1n) is 7.35. The van der Waals surface area contributed by atoms with Crippen molar-refractivity contribution in [1.82, 2.24) is 0 Å². The van der Waals surface area contributed by atoms with Gasteiger partial charge in [0.05, 0.1) is 34.2 Å². The summed E-state index contributed by atoms with van der Waals surface area (Å²) < 4.78 is 31.0. The van der Waals surface area contributed by atoms with Gasteiger partial charge in [-0.05, 0) is 30.3 Å². The molecule has 1 heterocycles. The number of benzene rings is 2. The van der Waals surface area contributed by atoms with Crippen LogP contribution in [0.3, 0.4) is 0 Å². The van der Waals surface area contributed by atoms with Gasteiger partial charge < -0.3 is 10.1 Å². The molecular formula is C16H13Cl3N2O4S. The van der Waals surface area contributed by atoms with E-state index >= 15 is 0 Å². The zero-order valence-electron chi connectivity index (χ0n) is 13.4. The van der Waals surface area contributed by atoms with E-state index in [4.69, 9.17) is 39.5 Å². The van der Waals surface area contributed by atoms with Crippen LogP contribution in [0.4, 0.5) is 11.4 Å². The van der Waals surface area contributed by atoms with Gasteiger partial charge in [-0.25, -0.2) is 8.42 Å². The number of fused-ring (bicyclic) bond motifs is 1. The molecule has 0 radical (unpaired) electrons. The topological polar surface area (TPSA) is 75.7 Å². The Morgan fingerprint density at radius 3 is 2.65 bits per heavy atom. The van der Waals surface area contributed by atoms with E-state index in [1.807, 2.05) is 0 Å². The van der Waals surface area contributed by atoms with E-state index in [-0.39, 0.29) is 28.0 Å². The van der Waals surface area contributed by atoms with E-state index in [2.05, 4.69) is 5.32 Å². The molecule has 1 atom stereocenters. The number of carbonyl (C=O) groups is 1. The van der Waals surface area contributed by atoms with Crippen LogP contribution < -0.4 is 14.4 Å². The zero-order valence-corrected chi connectivity index (χ0v) is 16.5. The molecule has 2 aromatic carbocycles. The lowest BCUT2D eigenvalue weighted by atomic mass is 10.2. The predicted molar refractivity (Wildman–Crippen MR) is 103 cm³/mol. The van der Waals surface area contributed by atoms with Crippen LogP contribution >= 0.6 is 34.8 Å². The fourth-order valence-corrected chi connectivity index (χ4v) is 3.91. The van der Waals surface area contributed by atoms with E-state index < -0.39 is 22.0 Å². The van der Waals surface area contributed by atoms with Crippen LogP contribution in [0.1, 0.15) is 0 Å². The van der Waals surface area contributed by atoms with Crippen molar-refractivity contribution in [2.24, 2.45) is 0 Å². The number of nitrogens with zero attached hydrogens (tertiary/aromatic N) is 1. The molecule has 1 N–H and O–H groups in total. The molecule has 1 aliphatic rings. The number of anilines is 2. The first kappa shape index (κ1) is 19.1. The van der Waals surface area contributed by atoms with Crippen molar-refractivity contribution >= 4 is 62.1 Å². The van der Waals surface area contributed by atoms with Gasteiger partial charge in [-0.1, -0.05) is 40.9 Å². The van der Waals surface area contributed by atoms with Crippen LogP contribution in [-0.2, 0) is 14.8 Å². The highest BCUT2D eigenvalue weighted by Gasteiger charge is 2.35. The summed E-state index contributed by atoms with van der Waals surface area (Å²) in [5.74, 6) is -0.313. The molecule has 0 saturated carbocycles. The predicted octanol–water partition coefficient (Wildman–Crippen LogP) is 3.81. The van der Waals surface area contributed by atoms with Crippen molar-refractivity contribution in [3.63, 3.8) is 0 Å². The monoisotopic (exact) mass is 434 g/mol. The van der Waals surface area contributed by atoms with Crippen molar-refractivity contribution in [2.75, 3.05) is 22.4 Å². The van der Waals surface area contributed by atoms with E-state index in [0.29, 0.717) is 10.7 Å². The molecular weight excluding hydrogens is 423 g/mol. The number of amides is 1. The van der Waals surface area contributed by atoms with Crippen molar-refractivity contribution in [3.05, 3.63) is 51.5 Å². The number of halogens is 3. The summed E-state index contributed by atoms with van der Waals surface area (Å²) in [4.78, 5) is 12.6. The van der Waals surface area contributed by atoms with Crippen LogP contribution in [0.2, 0.25) is 15.1 Å². The largest absolute Gasteiger partial charge is 0.476 e. The number of sulfonamides is 1. The van der Waals surface area contributed by atoms with Gasteiger partial charge >= 0.3 is 0 Å². The minimum atomic E-state index is -3.64. The standard InChI is InChI=1S/C16H13Cl3N2O4S/c1-26(23,24)21-8-14(25-13-6-5-9(17)7-12(13)21)16(22)20-11-4-2-3-10(18)15(11)19/h2-7,14H,8H2,1H3,(H,20,22). The molecule has 0 aliphatic carbocycles. The Bertz CT molecular complexity index is 981. The molecule has 3 rings (SSSR count). The minimum absolute atomic E-state index is 0.186. The maximum absolute atomic E-state index is 12.6. The average Bonchev–Trinajstić information content (AvgIpc) is 2.57. The number of hydrogen-bond acceptors (Lipinski definition) is 4. The molecule has 2 aromatic rings. The highest BCUT2D eigenvalue weighted by atomic mass is 35.5. The molecule has 6 nitrogen and oxygen atoms in total. The molecule has 0 bridgehead atoms. The molecule has 0 aromatic heterocycles. The summed E-state index contributed by atoms with van der Waals surface area (Å²) in [6, 6.07) is 9.33. The van der Waals surface area contributed by atoms with Gasteiger partial charge in [0.15, 0.2) is 6.10 Å². The fourth-order valence-electron chi connectivity index (χ4n) is 2.49. The van der Waals surface area contributed by atoms with E-state index in [9.17, 15) is 13.2 Å². The smallest absolute Gasteiger partial charge is 0.267 e. The van der Waals surface area contributed by atoms with E-state index in [0.717, 1.165) is 10.6 Å². The molecule has 1 amide bonds. The average molecular weight is 436 g/mol. The minimum Gasteiger partial charge on any atom is -0.476 e. The Labute approximate surface area is 165 Å². The van der Waals surface area contributed by atoms with Crippen molar-refractivity contribution in [3.8, 4) is 5.75 Å². The third-order valence-electron chi connectivity index (χ3n) is 3.69. The Hall–Kier alpha value is -1.67. The lowest BCUT2D eigenvalue weighted by Gasteiger charge is -2.34. The number of ether oxygens (including phenoxy) is 1. The maximum atomic E-state index is 12.6. The third-order valence-corrected chi connectivity index (χ3v) is 5.89. The first-order valence-corrected chi connectivity index (χ1v) is 10.3. The normalized spacial score (nSPS) is 16.6. The number of nitrogens with one attached hydrogen (secondary N) is 1. The second kappa shape index (κ2) is 7.15. The molecule has 0 saturated heterocycles. The van der Waals surface area contributed by atoms with Crippen LogP contribution in [0, 0.1) is 0 Å². The lowest BCUT2D eigenvalue weighted by molar-refractivity contribution is -0.122. The molecule has 10 heteroatoms. The van der Waals surface area contributed by atoms with Gasteiger partial charge in [0, 0.05) is 5.02 Å². The van der Waals surface area contributed by atoms with Crippen molar-refractivity contribution < 1.29 is 17.9 Å². The maximum Gasteiger partial charge on any atom is 0.267 e. The summed E-state index contributed by atoms with van der Waals surface area (Å²) in [7, 11) is -3.64. The molecule has 1 aliphatic heterocycles. The Morgan fingerprint density at radius 2 is 1.96 bits per heavy atom. The molecule has 138 valence electrons. The second-order valence-electron chi connectivity index (χ2n) is 5.60. The van der Waals surface area contributed by atoms with E-state index in [1.165, 1.54) is 12.1 Å². The highest BCUT2D eigenvalue weighted by Crippen LogP contribution is 2.37. The summed E-state index contributed by atoms with van der Waals surface area (Å²) in [6.45, 7) is -0.198. The van der Waals surface area contributed by atoms with Gasteiger partial charge in [0.25, 0.3) is 5.91 Å². The van der Waals surface area contributed by atoms with Crippen molar-refractivity contribution in [1.29, 1.82) is 0 Å². The lowest BCUT2D eigenvalue weighted by Crippen LogP contribution is -2.48. The van der Waals surface area contributed by atoms with Crippen LogP contribution in [0.5, 0.6) is 5.75 Å². The van der Waals surface area contributed by atoms with Gasteiger partial charge in [-0.3, -0.25) is 9.10 Å². The van der Waals surface area contributed by atoms with Gasteiger partial charge in [-0.2, -0.15) is 0 Å². The quantitative estimate of drug-likeness (QED) is 0.795. The molecule has 0 spiro atoms. The third kappa shape index (κ3) is 3.86. The Morgan fingerprint density at radius 1 is 1.23 bits per heavy atom. The highest BCUT2D eigenvalue weighted by molar-refractivity contribution is 7.92. The second-order valence-corrected chi connectivity index (χ2v) is 8.73. The SMILES string of the molecule is CS(=O)(=O)N1CC(C(=O)Nc2cccc(Cl)c2Cl)Oc2ccc(Cl)cc21. The van der Waals surface area contributed by atoms with E-state index in [1.54, 1.807) is 24.3 Å². The Kier molecular flexibility index (Phi) is 5.25. The van der Waals surface area contributed by atoms with Crippen molar-refractivity contribution in [2.45, 2.75) is 6.10 Å². The zero-order chi connectivity index (χ0) is 19.1. The summed E-state index contributed by atoms with van der Waals surface area (Å²) in [6.07, 6.45) is -0.0281. The number of hydrogen-bond donors (Lipinski definition) is 1. The van der Waals surface area contributed by atoms with Gasteiger partial charge in [0.1, 0.15) is 5.75 Å². The Balaban J connectivity index is 1.91. The summed E-state index contributed by atoms with van der Waals surface area (Å²) in [5.41, 5.74) is 0.588. The van der Waals surface area contributed by atoms with Crippen LogP contribution in [0.15, 0.2) is 36.4 Å². The fraction of sp³-hybridized carbons (Fsp3) is 0.188. The number of carbonyl (C=O) groups excluding carboxylic acids is 1. The summed E-state index contributed by atoms with van der Waals surface area (Å²) >= 11 is 17.9. The molecule has 26 heavy (non-hydrogen) atoms. The van der Waals surface area contributed by atoms with Crippen LogP contribution in [0.25, 0.3) is 0 Å². The molecule has 1 unspecified atom stereocenters. The first-order chi connectivity index (χ1) is 12.2. The van der Waals surface area contributed by atoms with Crippen LogP contribution in [-0.4, -0.2) is 33.2 Å². The van der Waals surface area contributed by atoms with Gasteiger partial charge in [-0.15, -0.1) is 0 Å².